The van der Waals surface area contributed by atoms with Crippen LogP contribution in [-0.2, 0) is 10.0 Å². The molecule has 0 atom stereocenters. The maximum atomic E-state index is 12.6. The molecule has 6 nitrogen and oxygen atoms in total. The van der Waals surface area contributed by atoms with E-state index in [2.05, 4.69) is 5.32 Å². The van der Waals surface area contributed by atoms with Gasteiger partial charge in [0, 0.05) is 13.1 Å². The average molecular weight is 381 g/mol. The number of hydrogen-bond acceptors (Lipinski definition) is 4. The Labute approximate surface area is 151 Å². The summed E-state index contributed by atoms with van der Waals surface area (Å²) in [6.07, 6.45) is 1.63. The van der Waals surface area contributed by atoms with Gasteiger partial charge in [0.15, 0.2) is 0 Å². The molecule has 1 fully saturated rings. The average Bonchev–Trinajstić information content (AvgIpc) is 3.12. The molecule has 0 spiro atoms. The number of benzene rings is 2. The van der Waals surface area contributed by atoms with Crippen LogP contribution < -0.4 is 5.32 Å². The van der Waals surface area contributed by atoms with E-state index in [-0.39, 0.29) is 16.2 Å². The van der Waals surface area contributed by atoms with E-state index in [0.717, 1.165) is 12.8 Å². The summed E-state index contributed by atoms with van der Waals surface area (Å²) >= 11 is 6.01. The van der Waals surface area contributed by atoms with Gasteiger partial charge >= 0.3 is 0 Å². The maximum absolute atomic E-state index is 12.6. The van der Waals surface area contributed by atoms with Crippen LogP contribution in [0.2, 0.25) is 5.02 Å². The second kappa shape index (κ2) is 7.03. The molecule has 0 aliphatic carbocycles. The summed E-state index contributed by atoms with van der Waals surface area (Å²) in [6, 6.07) is 10.4. The molecule has 0 radical (unpaired) electrons. The summed E-state index contributed by atoms with van der Waals surface area (Å²) in [5.74, 6) is -0.936. The van der Waals surface area contributed by atoms with Crippen LogP contribution in [0.15, 0.2) is 47.4 Å². The molecule has 1 amide bonds. The minimum absolute atomic E-state index is 0.0171. The van der Waals surface area contributed by atoms with Crippen molar-refractivity contribution in [2.75, 3.05) is 18.4 Å². The van der Waals surface area contributed by atoms with Gasteiger partial charge in [-0.3, -0.25) is 4.79 Å². The monoisotopic (exact) mass is 380 g/mol. The summed E-state index contributed by atoms with van der Waals surface area (Å²) in [6.45, 7) is 0.925. The lowest BCUT2D eigenvalue weighted by Crippen LogP contribution is -2.28. The largest absolute Gasteiger partial charge is 0.507 e. The fraction of sp³-hybridized carbons (Fsp3) is 0.235. The molecule has 2 aromatic carbocycles. The van der Waals surface area contributed by atoms with E-state index in [4.69, 9.17) is 11.6 Å². The number of carbonyl (C=O) groups excluding carboxylic acids is 1. The molecule has 3 rings (SSSR count). The van der Waals surface area contributed by atoms with Gasteiger partial charge < -0.3 is 10.4 Å². The van der Waals surface area contributed by atoms with Crippen LogP contribution in [0.4, 0.5) is 5.69 Å². The topological polar surface area (TPSA) is 86.7 Å². The predicted octanol–water partition coefficient (Wildman–Crippen LogP) is 3.08. The van der Waals surface area contributed by atoms with Crippen LogP contribution >= 0.6 is 11.6 Å². The molecular weight excluding hydrogens is 364 g/mol. The molecule has 1 aliphatic rings. The molecule has 8 heteroatoms. The third kappa shape index (κ3) is 3.63. The normalized spacial score (nSPS) is 15.2. The van der Waals surface area contributed by atoms with Crippen molar-refractivity contribution in [3.8, 4) is 5.75 Å². The minimum atomic E-state index is -3.68. The van der Waals surface area contributed by atoms with Gasteiger partial charge in [0.2, 0.25) is 10.0 Å². The molecule has 25 heavy (non-hydrogen) atoms. The molecule has 0 unspecified atom stereocenters. The Morgan fingerprint density at radius 2 is 1.80 bits per heavy atom. The first kappa shape index (κ1) is 17.7. The van der Waals surface area contributed by atoms with Crippen molar-refractivity contribution in [2.24, 2.45) is 0 Å². The van der Waals surface area contributed by atoms with E-state index in [9.17, 15) is 18.3 Å². The predicted molar refractivity (Wildman–Crippen MR) is 95.5 cm³/mol. The Morgan fingerprint density at radius 3 is 2.48 bits per heavy atom. The zero-order valence-corrected chi connectivity index (χ0v) is 14.8. The fourth-order valence-electron chi connectivity index (χ4n) is 2.69. The first-order valence-corrected chi connectivity index (χ1v) is 9.60. The number of rotatable bonds is 4. The molecular formula is C17H17ClN2O4S. The molecule has 1 aliphatic heterocycles. The Hall–Kier alpha value is -2.09. The highest BCUT2D eigenvalue weighted by atomic mass is 35.5. The van der Waals surface area contributed by atoms with Crippen molar-refractivity contribution in [1.82, 2.24) is 4.31 Å². The molecule has 2 N–H and O–H groups in total. The quantitative estimate of drug-likeness (QED) is 0.853. The number of nitrogens with zero attached hydrogens (tertiary/aromatic N) is 1. The summed E-state index contributed by atoms with van der Waals surface area (Å²) in [7, 11) is -3.68. The molecule has 132 valence electrons. The molecule has 0 bridgehead atoms. The molecule has 1 saturated heterocycles. The van der Waals surface area contributed by atoms with Crippen LogP contribution in [-0.4, -0.2) is 36.8 Å². The number of nitrogens with one attached hydrogen (secondary N) is 1. The number of sulfonamides is 1. The first-order chi connectivity index (χ1) is 11.9. The molecule has 1 heterocycles. The Morgan fingerprint density at radius 1 is 1.12 bits per heavy atom. The number of amides is 1. The Kier molecular flexibility index (Phi) is 4.99. The lowest BCUT2D eigenvalue weighted by atomic mass is 10.2. The highest BCUT2D eigenvalue weighted by Gasteiger charge is 2.28. The lowest BCUT2D eigenvalue weighted by molar-refractivity contribution is 0.102. The van der Waals surface area contributed by atoms with Crippen molar-refractivity contribution in [2.45, 2.75) is 17.7 Å². The van der Waals surface area contributed by atoms with Crippen LogP contribution in [0.1, 0.15) is 23.2 Å². The van der Waals surface area contributed by atoms with Crippen LogP contribution in [0.5, 0.6) is 5.75 Å². The second-order valence-electron chi connectivity index (χ2n) is 5.72. The van der Waals surface area contributed by atoms with Crippen LogP contribution in [0, 0.1) is 0 Å². The van der Waals surface area contributed by atoms with Crippen molar-refractivity contribution in [3.63, 3.8) is 0 Å². The van der Waals surface area contributed by atoms with Crippen molar-refractivity contribution in [3.05, 3.63) is 53.1 Å². The van der Waals surface area contributed by atoms with Gasteiger partial charge in [-0.05, 0) is 43.2 Å². The number of carbonyl (C=O) groups is 1. The van der Waals surface area contributed by atoms with E-state index in [1.165, 1.54) is 22.5 Å². The number of halogens is 1. The minimum Gasteiger partial charge on any atom is -0.507 e. The zero-order valence-electron chi connectivity index (χ0n) is 13.3. The van der Waals surface area contributed by atoms with Gasteiger partial charge in [0.05, 0.1) is 21.2 Å². The van der Waals surface area contributed by atoms with Gasteiger partial charge in [-0.15, -0.1) is 0 Å². The summed E-state index contributed by atoms with van der Waals surface area (Å²) in [5.41, 5.74) is 0.251. The SMILES string of the molecule is O=C(Nc1ccccc1Cl)c1cc(S(=O)(=O)N2CCCC2)ccc1O. The molecule has 0 aromatic heterocycles. The van der Waals surface area contributed by atoms with E-state index in [1.807, 2.05) is 0 Å². The highest BCUT2D eigenvalue weighted by molar-refractivity contribution is 7.89. The first-order valence-electron chi connectivity index (χ1n) is 7.78. The van der Waals surface area contributed by atoms with E-state index in [1.54, 1.807) is 24.3 Å². The third-order valence-electron chi connectivity index (χ3n) is 4.04. The lowest BCUT2D eigenvalue weighted by Gasteiger charge is -2.16. The van der Waals surface area contributed by atoms with E-state index < -0.39 is 15.9 Å². The number of anilines is 1. The van der Waals surface area contributed by atoms with E-state index in [0.29, 0.717) is 23.8 Å². The second-order valence-corrected chi connectivity index (χ2v) is 8.07. The van der Waals surface area contributed by atoms with Crippen LogP contribution in [0.25, 0.3) is 0 Å². The third-order valence-corrected chi connectivity index (χ3v) is 6.26. The Balaban J connectivity index is 1.91. The summed E-state index contributed by atoms with van der Waals surface area (Å²) < 4.78 is 26.6. The smallest absolute Gasteiger partial charge is 0.259 e. The van der Waals surface area contributed by atoms with E-state index >= 15 is 0 Å². The molecule has 2 aromatic rings. The van der Waals surface area contributed by atoms with Gasteiger partial charge in [-0.2, -0.15) is 4.31 Å². The fourth-order valence-corrected chi connectivity index (χ4v) is 4.41. The summed E-state index contributed by atoms with van der Waals surface area (Å²) in [5, 5.41) is 12.9. The van der Waals surface area contributed by atoms with Crippen molar-refractivity contribution < 1.29 is 18.3 Å². The summed E-state index contributed by atoms with van der Waals surface area (Å²) in [4.78, 5) is 12.4. The number of phenolic OH excluding ortho intramolecular Hbond substituents is 1. The standard InChI is InChI=1S/C17H17ClN2O4S/c18-14-5-1-2-6-15(14)19-17(22)13-11-12(7-8-16(13)21)25(23,24)20-9-3-4-10-20/h1-2,5-8,11,21H,3-4,9-10H2,(H,19,22). The van der Waals surface area contributed by atoms with Crippen molar-refractivity contribution in [1.29, 1.82) is 0 Å². The van der Waals surface area contributed by atoms with Gasteiger partial charge in [0.25, 0.3) is 5.91 Å². The Bertz CT molecular complexity index is 909. The number of aromatic hydroxyl groups is 1. The zero-order chi connectivity index (χ0) is 18.0. The van der Waals surface area contributed by atoms with Gasteiger partial charge in [0.1, 0.15) is 5.75 Å². The highest BCUT2D eigenvalue weighted by Crippen LogP contribution is 2.27. The number of phenols is 1. The van der Waals surface area contributed by atoms with Crippen LogP contribution in [0.3, 0.4) is 0 Å². The number of hydrogen-bond donors (Lipinski definition) is 2. The van der Waals surface area contributed by atoms with Gasteiger partial charge in [-0.25, -0.2) is 8.42 Å². The number of para-hydroxylation sites is 1. The molecule has 0 saturated carbocycles. The van der Waals surface area contributed by atoms with Gasteiger partial charge in [-0.1, -0.05) is 23.7 Å². The van der Waals surface area contributed by atoms with Crippen molar-refractivity contribution >= 4 is 33.2 Å². The maximum Gasteiger partial charge on any atom is 0.259 e.